The molecule has 1 amide bonds. The van der Waals surface area contributed by atoms with Gasteiger partial charge in [-0.3, -0.25) is 14.9 Å². The molecule has 0 bridgehead atoms. The van der Waals surface area contributed by atoms with Crippen LogP contribution in [0, 0.1) is 10.1 Å². The van der Waals surface area contributed by atoms with Crippen LogP contribution in [0.3, 0.4) is 0 Å². The van der Waals surface area contributed by atoms with Crippen LogP contribution in [-0.2, 0) is 0 Å². The Morgan fingerprint density at radius 2 is 2.05 bits per heavy atom. The largest absolute Gasteiger partial charge is 0.321 e. The maximum absolute atomic E-state index is 12.1. The highest BCUT2D eigenvalue weighted by atomic mass is 79.9. The van der Waals surface area contributed by atoms with Crippen molar-refractivity contribution in [2.24, 2.45) is 0 Å². The number of non-ortho nitro benzene ring substituents is 1. The molecule has 0 aliphatic carbocycles. The molecule has 1 aromatic heterocycles. The van der Waals surface area contributed by atoms with Gasteiger partial charge >= 0.3 is 0 Å². The van der Waals surface area contributed by atoms with E-state index in [2.05, 4.69) is 42.2 Å². The minimum Gasteiger partial charge on any atom is -0.321 e. The molecular weight excluding hydrogens is 394 g/mol. The summed E-state index contributed by atoms with van der Waals surface area (Å²) in [5.41, 5.74) is 0.756. The Balaban J connectivity index is 2.25. The van der Waals surface area contributed by atoms with Gasteiger partial charge < -0.3 is 5.32 Å². The molecule has 0 spiro atoms. The number of benzene rings is 1. The normalized spacial score (nSPS) is 10.1. The van der Waals surface area contributed by atoms with E-state index in [1.54, 1.807) is 18.3 Å². The smallest absolute Gasteiger partial charge is 0.270 e. The maximum atomic E-state index is 12.1. The molecular formula is C12H7Br2N3O3. The number of carbonyl (C=O) groups excluding carboxylic acids is 1. The van der Waals surface area contributed by atoms with Gasteiger partial charge in [0.1, 0.15) is 4.60 Å². The molecule has 8 heteroatoms. The molecule has 6 nitrogen and oxygen atoms in total. The standard InChI is InChI=1S/C12H7Br2N3O3/c13-9-6-7(17(19)20)3-4-10(9)16-12(18)8-2-1-5-15-11(8)14/h1-6H,(H,16,18). The number of nitro benzene ring substituents is 1. The first-order valence-electron chi connectivity index (χ1n) is 5.35. The summed E-state index contributed by atoms with van der Waals surface area (Å²) in [5.74, 6) is -0.362. The van der Waals surface area contributed by atoms with Crippen LogP contribution >= 0.6 is 31.9 Å². The summed E-state index contributed by atoms with van der Waals surface area (Å²) in [7, 11) is 0. The fraction of sp³-hybridized carbons (Fsp3) is 0. The summed E-state index contributed by atoms with van der Waals surface area (Å²) in [4.78, 5) is 26.2. The Hall–Kier alpha value is -1.80. The molecule has 1 aromatic carbocycles. The predicted molar refractivity (Wildman–Crippen MR) is 80.7 cm³/mol. The van der Waals surface area contributed by atoms with Crippen LogP contribution < -0.4 is 5.32 Å². The number of aromatic nitrogens is 1. The lowest BCUT2D eigenvalue weighted by molar-refractivity contribution is -0.384. The quantitative estimate of drug-likeness (QED) is 0.482. The molecule has 20 heavy (non-hydrogen) atoms. The Bertz CT molecular complexity index is 691. The lowest BCUT2D eigenvalue weighted by atomic mass is 10.2. The van der Waals surface area contributed by atoms with Crippen LogP contribution in [0.4, 0.5) is 11.4 Å². The summed E-state index contributed by atoms with van der Waals surface area (Å²) < 4.78 is 0.857. The first-order valence-corrected chi connectivity index (χ1v) is 6.93. The number of pyridine rings is 1. The van der Waals surface area contributed by atoms with Crippen LogP contribution in [0.2, 0.25) is 0 Å². The molecule has 0 unspecified atom stereocenters. The van der Waals surface area contributed by atoms with E-state index >= 15 is 0 Å². The summed E-state index contributed by atoms with van der Waals surface area (Å²) in [6.45, 7) is 0. The van der Waals surface area contributed by atoms with E-state index in [4.69, 9.17) is 0 Å². The number of hydrogen-bond donors (Lipinski definition) is 1. The maximum Gasteiger partial charge on any atom is 0.270 e. The highest BCUT2D eigenvalue weighted by Crippen LogP contribution is 2.27. The van der Waals surface area contributed by atoms with Crippen molar-refractivity contribution in [1.29, 1.82) is 0 Å². The Morgan fingerprint density at radius 3 is 2.65 bits per heavy atom. The number of halogens is 2. The molecule has 0 saturated heterocycles. The first-order chi connectivity index (χ1) is 9.49. The van der Waals surface area contributed by atoms with Crippen LogP contribution in [0.1, 0.15) is 10.4 Å². The van der Waals surface area contributed by atoms with Crippen molar-refractivity contribution in [3.63, 3.8) is 0 Å². The topological polar surface area (TPSA) is 85.1 Å². The Morgan fingerprint density at radius 1 is 1.30 bits per heavy atom. The van der Waals surface area contributed by atoms with Crippen LogP contribution in [0.25, 0.3) is 0 Å². The van der Waals surface area contributed by atoms with Gasteiger partial charge in [-0.1, -0.05) is 0 Å². The van der Waals surface area contributed by atoms with E-state index in [0.29, 0.717) is 20.3 Å². The van der Waals surface area contributed by atoms with E-state index < -0.39 is 4.92 Å². The summed E-state index contributed by atoms with van der Waals surface area (Å²) >= 11 is 6.37. The van der Waals surface area contributed by atoms with Gasteiger partial charge in [-0.2, -0.15) is 0 Å². The van der Waals surface area contributed by atoms with E-state index in [-0.39, 0.29) is 11.6 Å². The van der Waals surface area contributed by atoms with Crippen molar-refractivity contribution in [2.45, 2.75) is 0 Å². The average molecular weight is 401 g/mol. The zero-order valence-corrected chi connectivity index (χ0v) is 13.0. The van der Waals surface area contributed by atoms with Crippen molar-refractivity contribution in [3.8, 4) is 0 Å². The minimum atomic E-state index is -0.506. The number of nitro groups is 1. The van der Waals surface area contributed by atoms with Crippen molar-refractivity contribution in [3.05, 3.63) is 61.3 Å². The minimum absolute atomic E-state index is 0.0579. The van der Waals surface area contributed by atoms with Gasteiger partial charge in [0.2, 0.25) is 0 Å². The highest BCUT2D eigenvalue weighted by molar-refractivity contribution is 9.10. The van der Waals surface area contributed by atoms with Gasteiger partial charge in [0.25, 0.3) is 11.6 Å². The lowest BCUT2D eigenvalue weighted by Gasteiger charge is -2.08. The molecule has 102 valence electrons. The molecule has 0 aliphatic rings. The third-order valence-electron chi connectivity index (χ3n) is 2.42. The average Bonchev–Trinajstić information content (AvgIpc) is 2.41. The van der Waals surface area contributed by atoms with E-state index in [9.17, 15) is 14.9 Å². The van der Waals surface area contributed by atoms with Gasteiger partial charge in [-0.25, -0.2) is 4.98 Å². The highest BCUT2D eigenvalue weighted by Gasteiger charge is 2.14. The Kier molecular flexibility index (Phi) is 4.46. The second-order valence-corrected chi connectivity index (χ2v) is 5.32. The number of hydrogen-bond acceptors (Lipinski definition) is 4. The van der Waals surface area contributed by atoms with Crippen molar-refractivity contribution < 1.29 is 9.72 Å². The van der Waals surface area contributed by atoms with Crippen LogP contribution in [0.15, 0.2) is 45.6 Å². The third kappa shape index (κ3) is 3.20. The van der Waals surface area contributed by atoms with Crippen molar-refractivity contribution in [2.75, 3.05) is 5.32 Å². The number of rotatable bonds is 3. The van der Waals surface area contributed by atoms with Gasteiger partial charge in [-0.05, 0) is 50.1 Å². The molecule has 2 rings (SSSR count). The monoisotopic (exact) mass is 399 g/mol. The number of anilines is 1. The van der Waals surface area contributed by atoms with E-state index in [1.165, 1.54) is 18.2 Å². The molecule has 0 atom stereocenters. The van der Waals surface area contributed by atoms with Crippen LogP contribution in [0.5, 0.6) is 0 Å². The first kappa shape index (κ1) is 14.6. The van der Waals surface area contributed by atoms with Gasteiger partial charge in [0, 0.05) is 22.8 Å². The van der Waals surface area contributed by atoms with Gasteiger partial charge in [0.15, 0.2) is 0 Å². The van der Waals surface area contributed by atoms with Gasteiger partial charge in [0.05, 0.1) is 16.2 Å². The zero-order valence-electron chi connectivity index (χ0n) is 9.84. The third-order valence-corrected chi connectivity index (χ3v) is 3.70. The molecule has 0 fully saturated rings. The fourth-order valence-corrected chi connectivity index (χ4v) is 2.36. The predicted octanol–water partition coefficient (Wildman–Crippen LogP) is 3.77. The molecule has 2 aromatic rings. The fourth-order valence-electron chi connectivity index (χ4n) is 1.46. The molecule has 0 aliphatic heterocycles. The molecule has 1 heterocycles. The number of amides is 1. The Labute approximate surface area is 130 Å². The molecule has 0 radical (unpaired) electrons. The van der Waals surface area contributed by atoms with E-state index in [1.807, 2.05) is 0 Å². The summed E-state index contributed by atoms with van der Waals surface area (Å²) in [6, 6.07) is 7.37. The number of nitrogens with one attached hydrogen (secondary N) is 1. The van der Waals surface area contributed by atoms with Crippen LogP contribution in [-0.4, -0.2) is 15.8 Å². The lowest BCUT2D eigenvalue weighted by Crippen LogP contribution is -2.13. The van der Waals surface area contributed by atoms with E-state index in [0.717, 1.165) is 0 Å². The molecule has 1 N–H and O–H groups in total. The molecule has 0 saturated carbocycles. The summed E-state index contributed by atoms with van der Waals surface area (Å²) in [6.07, 6.45) is 1.56. The SMILES string of the molecule is O=C(Nc1ccc([N+](=O)[O-])cc1Br)c1cccnc1Br. The second-order valence-electron chi connectivity index (χ2n) is 3.72. The van der Waals surface area contributed by atoms with Gasteiger partial charge in [-0.15, -0.1) is 0 Å². The van der Waals surface area contributed by atoms with Crippen molar-refractivity contribution in [1.82, 2.24) is 4.98 Å². The second kappa shape index (κ2) is 6.10. The zero-order chi connectivity index (χ0) is 14.7. The number of carbonyl (C=O) groups is 1. The summed E-state index contributed by atoms with van der Waals surface area (Å²) in [5, 5.41) is 13.3. The number of nitrogens with zero attached hydrogens (tertiary/aromatic N) is 2. The van der Waals surface area contributed by atoms with Crippen molar-refractivity contribution >= 4 is 49.1 Å².